The Bertz CT molecular complexity index is 116. The van der Waals surface area contributed by atoms with Crippen molar-refractivity contribution >= 4 is 6.99 Å². The van der Waals surface area contributed by atoms with Gasteiger partial charge >= 0.3 is 6.99 Å². The first kappa shape index (κ1) is 10.1. The molecule has 0 aromatic rings. The van der Waals surface area contributed by atoms with E-state index >= 15 is 0 Å². The lowest BCUT2D eigenvalue weighted by atomic mass is 9.69. The molecule has 70 valence electrons. The molecule has 1 aliphatic heterocycles. The highest BCUT2D eigenvalue weighted by Gasteiger charge is 2.27. The first-order valence-electron chi connectivity index (χ1n) is 5.47. The molecule has 0 nitrogen and oxygen atoms in total. The predicted molar refractivity (Wildman–Crippen MR) is 53.3 cm³/mol. The fraction of sp³-hybridized carbons (Fsp3) is 1.00. The van der Waals surface area contributed by atoms with Crippen molar-refractivity contribution in [1.82, 2.24) is 0 Å². The maximum absolute atomic E-state index is 12.7. The van der Waals surface area contributed by atoms with Crippen molar-refractivity contribution < 1.29 is 4.32 Å². The second-order valence-corrected chi connectivity index (χ2v) is 4.13. The van der Waals surface area contributed by atoms with Crippen LogP contribution >= 0.6 is 0 Å². The quantitative estimate of drug-likeness (QED) is 0.433. The third-order valence-electron chi connectivity index (χ3n) is 2.94. The van der Waals surface area contributed by atoms with E-state index in [0.29, 0.717) is 0 Å². The smallest absolute Gasteiger partial charge is 0.336 e. The molecule has 0 radical (unpaired) electrons. The number of halogens is 1. The second-order valence-electron chi connectivity index (χ2n) is 4.13. The normalized spacial score (nSPS) is 23.5. The molecule has 0 bridgehead atoms. The largest absolute Gasteiger partial charge is 0.348 e. The lowest BCUT2D eigenvalue weighted by Crippen LogP contribution is -1.98. The van der Waals surface area contributed by atoms with E-state index in [1.165, 1.54) is 32.1 Å². The van der Waals surface area contributed by atoms with E-state index in [0.717, 1.165) is 25.0 Å². The molecule has 0 aromatic carbocycles. The predicted octanol–water partition coefficient (Wildman–Crippen LogP) is 3.94. The summed E-state index contributed by atoms with van der Waals surface area (Å²) < 4.78 is 12.7. The highest BCUT2D eigenvalue weighted by molar-refractivity contribution is 6.52. The van der Waals surface area contributed by atoms with Crippen molar-refractivity contribution in [1.29, 1.82) is 0 Å². The van der Waals surface area contributed by atoms with Crippen LogP contribution in [0.4, 0.5) is 4.32 Å². The molecule has 1 unspecified atom stereocenters. The Labute approximate surface area is 76.1 Å². The Kier molecular flexibility index (Phi) is 4.71. The maximum atomic E-state index is 12.7. The standard InChI is InChI=1S/C10H20BF/c1-2-3-4-5-6-10-7-8-11(12)9-10/h10H,2-9H2,1H3. The summed E-state index contributed by atoms with van der Waals surface area (Å²) in [6.07, 6.45) is 9.44. The Hall–Kier alpha value is -0.00506. The van der Waals surface area contributed by atoms with Crippen LogP contribution in [0.15, 0.2) is 0 Å². The third kappa shape index (κ3) is 3.60. The van der Waals surface area contributed by atoms with Gasteiger partial charge in [-0.1, -0.05) is 45.4 Å². The van der Waals surface area contributed by atoms with Gasteiger partial charge in [0.2, 0.25) is 0 Å². The molecule has 1 rings (SSSR count). The van der Waals surface area contributed by atoms with Gasteiger partial charge in [0.1, 0.15) is 0 Å². The molecule has 1 saturated heterocycles. The van der Waals surface area contributed by atoms with Gasteiger partial charge in [0, 0.05) is 0 Å². The van der Waals surface area contributed by atoms with Crippen LogP contribution in [0.3, 0.4) is 0 Å². The molecule has 0 amide bonds. The zero-order chi connectivity index (χ0) is 8.81. The summed E-state index contributed by atoms with van der Waals surface area (Å²) in [5.74, 6) is 0.719. The van der Waals surface area contributed by atoms with Crippen molar-refractivity contribution in [3.05, 3.63) is 0 Å². The average Bonchev–Trinajstić information content (AvgIpc) is 2.45. The number of hydrogen-bond donors (Lipinski definition) is 0. The van der Waals surface area contributed by atoms with Gasteiger partial charge in [-0.15, -0.1) is 0 Å². The van der Waals surface area contributed by atoms with E-state index in [9.17, 15) is 4.32 Å². The van der Waals surface area contributed by atoms with Crippen LogP contribution in [0.5, 0.6) is 0 Å². The van der Waals surface area contributed by atoms with Crippen LogP contribution in [0.25, 0.3) is 0 Å². The monoisotopic (exact) mass is 170 g/mol. The third-order valence-corrected chi connectivity index (χ3v) is 2.94. The Balaban J connectivity index is 1.93. The minimum atomic E-state index is -0.471. The molecule has 0 spiro atoms. The second kappa shape index (κ2) is 5.61. The topological polar surface area (TPSA) is 0 Å². The summed E-state index contributed by atoms with van der Waals surface area (Å²) in [6.45, 7) is 1.76. The van der Waals surface area contributed by atoms with Gasteiger partial charge < -0.3 is 4.32 Å². The number of hydrogen-bond acceptors (Lipinski definition) is 0. The van der Waals surface area contributed by atoms with Gasteiger partial charge in [-0.3, -0.25) is 0 Å². The summed E-state index contributed by atoms with van der Waals surface area (Å²) in [4.78, 5) is 0. The van der Waals surface area contributed by atoms with Crippen molar-refractivity contribution in [3.63, 3.8) is 0 Å². The van der Waals surface area contributed by atoms with E-state index in [1.807, 2.05) is 0 Å². The first-order valence-corrected chi connectivity index (χ1v) is 5.47. The summed E-state index contributed by atoms with van der Waals surface area (Å²) in [5, 5.41) is 0. The fourth-order valence-corrected chi connectivity index (χ4v) is 2.14. The summed E-state index contributed by atoms with van der Waals surface area (Å²) >= 11 is 0. The zero-order valence-corrected chi connectivity index (χ0v) is 8.19. The van der Waals surface area contributed by atoms with Gasteiger partial charge in [-0.05, 0) is 18.6 Å². The van der Waals surface area contributed by atoms with Crippen molar-refractivity contribution in [2.75, 3.05) is 0 Å². The van der Waals surface area contributed by atoms with Crippen LogP contribution in [-0.4, -0.2) is 6.99 Å². The first-order chi connectivity index (χ1) is 5.83. The molecule has 2 heteroatoms. The fourth-order valence-electron chi connectivity index (χ4n) is 2.14. The van der Waals surface area contributed by atoms with Crippen LogP contribution in [0.2, 0.25) is 12.6 Å². The van der Waals surface area contributed by atoms with Gasteiger partial charge in [0.25, 0.3) is 0 Å². The van der Waals surface area contributed by atoms with Gasteiger partial charge in [-0.25, -0.2) is 0 Å². The molecule has 1 heterocycles. The maximum Gasteiger partial charge on any atom is 0.348 e. The lowest BCUT2D eigenvalue weighted by molar-refractivity contribution is 0.492. The molecule has 12 heavy (non-hydrogen) atoms. The average molecular weight is 170 g/mol. The molecule has 0 aromatic heterocycles. The lowest BCUT2D eigenvalue weighted by Gasteiger charge is -2.07. The van der Waals surface area contributed by atoms with Crippen LogP contribution in [0.1, 0.15) is 45.4 Å². The van der Waals surface area contributed by atoms with Gasteiger partial charge in [0.05, 0.1) is 0 Å². The van der Waals surface area contributed by atoms with Gasteiger partial charge in [0.15, 0.2) is 0 Å². The molecular weight excluding hydrogens is 150 g/mol. The molecule has 0 aliphatic carbocycles. The highest BCUT2D eigenvalue weighted by atomic mass is 19.1. The van der Waals surface area contributed by atoms with Crippen LogP contribution in [0, 0.1) is 5.92 Å². The Morgan fingerprint density at radius 3 is 2.75 bits per heavy atom. The SMILES string of the molecule is CCCCCCC1CCB(F)C1. The van der Waals surface area contributed by atoms with Crippen molar-refractivity contribution in [2.45, 2.75) is 58.1 Å². The zero-order valence-electron chi connectivity index (χ0n) is 8.19. The summed E-state index contributed by atoms with van der Waals surface area (Å²) in [7, 11) is 0. The Morgan fingerprint density at radius 1 is 1.33 bits per heavy atom. The molecule has 0 saturated carbocycles. The van der Waals surface area contributed by atoms with Gasteiger partial charge in [-0.2, -0.15) is 0 Å². The number of rotatable bonds is 5. The van der Waals surface area contributed by atoms with Crippen molar-refractivity contribution in [3.8, 4) is 0 Å². The summed E-state index contributed by atoms with van der Waals surface area (Å²) in [6, 6.07) is 0. The highest BCUT2D eigenvalue weighted by Crippen LogP contribution is 2.31. The van der Waals surface area contributed by atoms with E-state index in [1.54, 1.807) is 0 Å². The molecule has 0 N–H and O–H groups in total. The van der Waals surface area contributed by atoms with E-state index in [2.05, 4.69) is 6.92 Å². The van der Waals surface area contributed by atoms with E-state index < -0.39 is 6.99 Å². The van der Waals surface area contributed by atoms with Crippen LogP contribution < -0.4 is 0 Å². The minimum Gasteiger partial charge on any atom is -0.336 e. The van der Waals surface area contributed by atoms with Crippen LogP contribution in [-0.2, 0) is 0 Å². The minimum absolute atomic E-state index is 0.471. The summed E-state index contributed by atoms with van der Waals surface area (Å²) in [5.41, 5.74) is 0. The molecule has 1 aliphatic rings. The Morgan fingerprint density at radius 2 is 2.17 bits per heavy atom. The molecule has 1 atom stereocenters. The molecule has 1 fully saturated rings. The van der Waals surface area contributed by atoms with Crippen molar-refractivity contribution in [2.24, 2.45) is 5.92 Å². The molecular formula is C10H20BF. The number of unbranched alkanes of at least 4 members (excludes halogenated alkanes) is 3. The van der Waals surface area contributed by atoms with E-state index in [4.69, 9.17) is 0 Å². The van der Waals surface area contributed by atoms with E-state index in [-0.39, 0.29) is 0 Å².